The third kappa shape index (κ3) is 3.74. The fraction of sp³-hybridized carbons (Fsp3) is 0.364. The molecule has 0 saturated heterocycles. The lowest BCUT2D eigenvalue weighted by atomic mass is 10.4. The van der Waals surface area contributed by atoms with Gasteiger partial charge in [0.15, 0.2) is 5.42 Å². The quantitative estimate of drug-likeness (QED) is 0.605. The van der Waals surface area contributed by atoms with Crippen molar-refractivity contribution in [1.29, 1.82) is 0 Å². The van der Waals surface area contributed by atoms with Crippen molar-refractivity contribution >= 4 is 19.0 Å². The Morgan fingerprint density at radius 3 is 2.38 bits per heavy atom. The maximum Gasteiger partial charge on any atom is 0.154 e. The first-order valence-corrected chi connectivity index (χ1v) is 4.37. The van der Waals surface area contributed by atoms with Crippen LogP contribution in [-0.2, 0) is 0 Å². The van der Waals surface area contributed by atoms with Gasteiger partial charge in [-0.15, -0.1) is 0 Å². The fourth-order valence-electron chi connectivity index (χ4n) is 0.725. The van der Waals surface area contributed by atoms with Crippen molar-refractivity contribution in [2.24, 2.45) is 4.99 Å². The van der Waals surface area contributed by atoms with E-state index >= 15 is 0 Å². The Balaban J connectivity index is 0.000000424. The molecule has 2 nitrogen and oxygen atoms in total. The van der Waals surface area contributed by atoms with Gasteiger partial charge in [-0.2, -0.15) is 0 Å². The van der Waals surface area contributed by atoms with Crippen molar-refractivity contribution in [1.82, 2.24) is 0 Å². The Kier molecular flexibility index (Phi) is 5.60. The molecular weight excluding hydrogens is 162 g/mol. The molecule has 1 heterocycles. The van der Waals surface area contributed by atoms with Crippen LogP contribution in [0.5, 0.6) is 0 Å². The van der Waals surface area contributed by atoms with Gasteiger partial charge in [-0.3, -0.25) is 4.99 Å². The number of hydrogen-bond donors (Lipinski definition) is 0. The highest BCUT2D eigenvalue weighted by Gasteiger charge is 1.89. The molecule has 2 heteroatoms. The van der Waals surface area contributed by atoms with Gasteiger partial charge >= 0.3 is 0 Å². The molecule has 0 aliphatic carbocycles. The van der Waals surface area contributed by atoms with Crippen LogP contribution in [0.3, 0.4) is 0 Å². The molecule has 0 fully saturated rings. The number of furan rings is 1. The van der Waals surface area contributed by atoms with E-state index in [1.165, 1.54) is 6.42 Å². The van der Waals surface area contributed by atoms with E-state index in [0.29, 0.717) is 0 Å². The third-order valence-corrected chi connectivity index (χ3v) is 1.31. The predicted molar refractivity (Wildman–Crippen MR) is 58.1 cm³/mol. The number of hydrogen-bond acceptors (Lipinski definition) is 2. The Hall–Kier alpha value is -1.31. The van der Waals surface area contributed by atoms with Gasteiger partial charge in [-0.05, 0) is 19.7 Å². The summed E-state index contributed by atoms with van der Waals surface area (Å²) in [7, 11) is 0. The van der Waals surface area contributed by atoms with E-state index in [-0.39, 0.29) is 0 Å². The van der Waals surface area contributed by atoms with Gasteiger partial charge in [-0.1, -0.05) is 26.8 Å². The first-order chi connectivity index (χ1) is 6.17. The largest absolute Gasteiger partial charge is 0.462 e. The summed E-state index contributed by atoms with van der Waals surface area (Å²) in [5.41, 5.74) is 1.49. The zero-order valence-corrected chi connectivity index (χ0v) is 8.63. The van der Waals surface area contributed by atoms with E-state index in [1.807, 2.05) is 6.92 Å². The Morgan fingerprint density at radius 2 is 2.08 bits per heavy atom. The van der Waals surface area contributed by atoms with E-state index in [1.54, 1.807) is 12.3 Å². The third-order valence-electron chi connectivity index (χ3n) is 1.31. The van der Waals surface area contributed by atoms with Crippen LogP contribution in [0.2, 0.25) is 0 Å². The van der Waals surface area contributed by atoms with Gasteiger partial charge in [0.25, 0.3) is 0 Å². The molecule has 0 bridgehead atoms. The highest BCUT2D eigenvalue weighted by molar-refractivity contribution is 5.46. The lowest BCUT2D eigenvalue weighted by Crippen LogP contribution is -2.18. The molecule has 0 radical (unpaired) electrons. The summed E-state index contributed by atoms with van der Waals surface area (Å²) >= 11 is 0. The van der Waals surface area contributed by atoms with Gasteiger partial charge in [0, 0.05) is 5.22 Å². The molecule has 13 heavy (non-hydrogen) atoms. The van der Waals surface area contributed by atoms with E-state index in [4.69, 9.17) is 4.42 Å². The normalized spacial score (nSPS) is 11.3. The maximum atomic E-state index is 5.08. The molecule has 0 saturated carbocycles. The average Bonchev–Trinajstić information content (AvgIpc) is 2.52. The van der Waals surface area contributed by atoms with Crippen LogP contribution in [0.1, 0.15) is 27.2 Å². The smallest absolute Gasteiger partial charge is 0.154 e. The van der Waals surface area contributed by atoms with Gasteiger partial charge < -0.3 is 4.42 Å². The van der Waals surface area contributed by atoms with Crippen LogP contribution < -0.4 is 10.6 Å². The minimum Gasteiger partial charge on any atom is -0.462 e. The zero-order valence-electron chi connectivity index (χ0n) is 8.63. The van der Waals surface area contributed by atoms with Crippen LogP contribution in [-0.4, -0.2) is 6.72 Å². The highest BCUT2D eigenvalue weighted by Crippen LogP contribution is 1.86. The molecule has 1 aromatic heterocycles. The predicted octanol–water partition coefficient (Wildman–Crippen LogP) is 1.93. The van der Waals surface area contributed by atoms with Gasteiger partial charge in [0.2, 0.25) is 0 Å². The van der Waals surface area contributed by atoms with E-state index in [2.05, 4.69) is 32.1 Å². The second-order valence-corrected chi connectivity index (χ2v) is 2.73. The fourth-order valence-corrected chi connectivity index (χ4v) is 0.725. The van der Waals surface area contributed by atoms with Gasteiger partial charge in [-0.25, -0.2) is 0 Å². The average molecular weight is 179 g/mol. The highest BCUT2D eigenvalue weighted by atomic mass is 16.3. The minimum atomic E-state index is 0.718. The molecule has 1 aromatic rings. The van der Waals surface area contributed by atoms with Crippen LogP contribution in [0.4, 0.5) is 0 Å². The van der Waals surface area contributed by atoms with E-state index in [9.17, 15) is 0 Å². The lowest BCUT2D eigenvalue weighted by molar-refractivity contribution is 0.527. The maximum absolute atomic E-state index is 5.08. The Morgan fingerprint density at radius 1 is 1.54 bits per heavy atom. The molecule has 0 aliphatic heterocycles. The number of nitrogens with zero attached hydrogens (tertiary/aromatic N) is 1. The molecule has 0 amide bonds. The summed E-state index contributed by atoms with van der Waals surface area (Å²) in [6.07, 6.45) is 2.84. The van der Waals surface area contributed by atoms with Crippen LogP contribution in [0.25, 0.3) is 12.3 Å². The van der Waals surface area contributed by atoms with E-state index < -0.39 is 0 Å². The van der Waals surface area contributed by atoms with Crippen molar-refractivity contribution in [2.45, 2.75) is 27.2 Å². The van der Waals surface area contributed by atoms with Crippen LogP contribution in [0, 0.1) is 0 Å². The number of aliphatic imine (C=N–C) groups is 1. The van der Waals surface area contributed by atoms with Crippen molar-refractivity contribution in [3.05, 3.63) is 23.0 Å². The second-order valence-electron chi connectivity index (χ2n) is 2.73. The topological polar surface area (TPSA) is 25.5 Å². The zero-order chi connectivity index (χ0) is 10.3. The van der Waals surface area contributed by atoms with Crippen molar-refractivity contribution in [2.75, 3.05) is 0 Å². The Bertz CT molecular complexity index is 348. The van der Waals surface area contributed by atoms with Crippen molar-refractivity contribution < 1.29 is 4.42 Å². The van der Waals surface area contributed by atoms with Crippen molar-refractivity contribution in [3.63, 3.8) is 0 Å². The lowest BCUT2D eigenvalue weighted by Gasteiger charge is -1.83. The van der Waals surface area contributed by atoms with E-state index in [0.717, 1.165) is 16.3 Å². The van der Waals surface area contributed by atoms with Crippen LogP contribution >= 0.6 is 0 Å². The molecular formula is C11H17NO. The van der Waals surface area contributed by atoms with Gasteiger partial charge in [0.05, 0.1) is 12.0 Å². The first-order valence-electron chi connectivity index (χ1n) is 4.37. The Labute approximate surface area is 79.3 Å². The SMILES string of the molecule is C=N/C(C)=c1/occc1=C.CCC. The molecule has 72 valence electrons. The summed E-state index contributed by atoms with van der Waals surface area (Å²) in [5.74, 6) is 0. The molecule has 0 spiro atoms. The molecule has 0 atom stereocenters. The summed E-state index contributed by atoms with van der Waals surface area (Å²) in [6, 6.07) is 1.80. The summed E-state index contributed by atoms with van der Waals surface area (Å²) in [6.45, 7) is 13.2. The molecule has 1 rings (SSSR count). The summed E-state index contributed by atoms with van der Waals surface area (Å²) in [5, 5.41) is 0.852. The summed E-state index contributed by atoms with van der Waals surface area (Å²) < 4.78 is 5.08. The monoisotopic (exact) mass is 179 g/mol. The second kappa shape index (κ2) is 6.23. The van der Waals surface area contributed by atoms with Crippen molar-refractivity contribution in [3.8, 4) is 0 Å². The standard InChI is InChI=1S/C8H9NO.C3H8/c1-6-4-5-10-8(6)7(2)9-3;1-3-2/h4-5H,1,3H2,2H3;3H2,1-2H3/b8-7+;. The number of rotatable bonds is 1. The van der Waals surface area contributed by atoms with Gasteiger partial charge in [0.1, 0.15) is 0 Å². The molecule has 0 aromatic carbocycles. The summed E-state index contributed by atoms with van der Waals surface area (Å²) in [4.78, 5) is 3.72. The minimum absolute atomic E-state index is 0.718. The molecule has 0 unspecified atom stereocenters. The molecule has 0 aliphatic rings. The first kappa shape index (κ1) is 11.7. The molecule has 0 N–H and O–H groups in total. The van der Waals surface area contributed by atoms with Crippen LogP contribution in [0.15, 0.2) is 21.7 Å².